The second-order valence-electron chi connectivity index (χ2n) is 10.3. The van der Waals surface area contributed by atoms with Gasteiger partial charge in [0.1, 0.15) is 6.04 Å². The second kappa shape index (κ2) is 14.7. The average molecular weight is 564 g/mol. The minimum atomic E-state index is -3.55. The Hall–Kier alpha value is -3.65. The number of carbonyl (C=O) groups excluding carboxylic acids is 2. The maximum atomic E-state index is 13.9. The molecule has 0 fully saturated rings. The van der Waals surface area contributed by atoms with Crippen LogP contribution in [0.5, 0.6) is 0 Å². The summed E-state index contributed by atoms with van der Waals surface area (Å²) in [6.45, 7) is 6.26. The molecule has 3 aromatic rings. The van der Waals surface area contributed by atoms with Gasteiger partial charge in [0, 0.05) is 32.0 Å². The Kier molecular flexibility index (Phi) is 11.3. The normalized spacial score (nSPS) is 12.8. The first-order valence-electron chi connectivity index (χ1n) is 13.8. The van der Waals surface area contributed by atoms with Gasteiger partial charge in [0.05, 0.1) is 11.9 Å². The van der Waals surface area contributed by atoms with Gasteiger partial charge >= 0.3 is 0 Å². The smallest absolute Gasteiger partial charge is 0.243 e. The zero-order chi connectivity index (χ0) is 29.1. The summed E-state index contributed by atoms with van der Waals surface area (Å²) in [6.07, 6.45) is 2.75. The molecule has 0 aromatic heterocycles. The van der Waals surface area contributed by atoms with Crippen molar-refractivity contribution in [1.29, 1.82) is 0 Å². The van der Waals surface area contributed by atoms with Crippen molar-refractivity contribution in [2.45, 2.75) is 65.1 Å². The fourth-order valence-corrected chi connectivity index (χ4v) is 5.62. The third-order valence-corrected chi connectivity index (χ3v) is 8.18. The van der Waals surface area contributed by atoms with Gasteiger partial charge in [-0.25, -0.2) is 8.42 Å². The number of hydrogen-bond acceptors (Lipinski definition) is 4. The number of hydrogen-bond donors (Lipinski definition) is 1. The van der Waals surface area contributed by atoms with Crippen molar-refractivity contribution in [3.8, 4) is 0 Å². The molecule has 0 heterocycles. The van der Waals surface area contributed by atoms with E-state index in [1.165, 1.54) is 10.6 Å². The Morgan fingerprint density at radius 2 is 1.45 bits per heavy atom. The monoisotopic (exact) mass is 563 g/mol. The van der Waals surface area contributed by atoms with Crippen molar-refractivity contribution in [3.63, 3.8) is 0 Å². The first-order chi connectivity index (χ1) is 19.1. The molecule has 0 aliphatic rings. The predicted molar refractivity (Wildman–Crippen MR) is 161 cm³/mol. The number of nitrogens with one attached hydrogen (secondary N) is 1. The van der Waals surface area contributed by atoms with E-state index >= 15 is 0 Å². The Morgan fingerprint density at radius 3 is 2.02 bits per heavy atom. The lowest BCUT2D eigenvalue weighted by Gasteiger charge is -2.32. The molecular formula is C32H41N3O4S. The van der Waals surface area contributed by atoms with Crippen LogP contribution >= 0.6 is 0 Å². The van der Waals surface area contributed by atoms with Gasteiger partial charge in [0.2, 0.25) is 21.8 Å². The summed E-state index contributed by atoms with van der Waals surface area (Å²) in [7, 11) is -3.55. The van der Waals surface area contributed by atoms with Crippen LogP contribution in [0.4, 0.5) is 5.69 Å². The summed E-state index contributed by atoms with van der Waals surface area (Å²) < 4.78 is 26.6. The van der Waals surface area contributed by atoms with Gasteiger partial charge in [-0.1, -0.05) is 85.8 Å². The molecule has 2 amide bonds. The molecule has 1 N–H and O–H groups in total. The molecular weight excluding hydrogens is 522 g/mol. The van der Waals surface area contributed by atoms with Crippen molar-refractivity contribution in [2.75, 3.05) is 17.1 Å². The number of anilines is 1. The maximum Gasteiger partial charge on any atom is 0.243 e. The Bertz CT molecular complexity index is 1350. The molecule has 0 aliphatic heterocycles. The van der Waals surface area contributed by atoms with Gasteiger partial charge in [-0.05, 0) is 49.4 Å². The van der Waals surface area contributed by atoms with Crippen LogP contribution < -0.4 is 9.62 Å². The predicted octanol–water partition coefficient (Wildman–Crippen LogP) is 5.10. The number of para-hydroxylation sites is 1. The van der Waals surface area contributed by atoms with Gasteiger partial charge in [-0.3, -0.25) is 13.9 Å². The molecule has 8 heteroatoms. The molecule has 0 spiro atoms. The summed E-state index contributed by atoms with van der Waals surface area (Å²) in [6, 6.07) is 25.9. The standard InChI is InChI=1S/C32H41N3O4S/c1-5-26(3)33-32(37)30(23-27-16-8-6-9-17-27)34(24-28-18-10-7-11-19-28)31(36)21-14-22-35(40(4,38)39)29-20-13-12-15-25(29)2/h6-13,15-20,26,30H,5,14,21-24H2,1-4H3,(H,33,37)/t26-,30+/m1/s1. The lowest BCUT2D eigenvalue weighted by molar-refractivity contribution is -0.141. The summed E-state index contributed by atoms with van der Waals surface area (Å²) >= 11 is 0. The zero-order valence-electron chi connectivity index (χ0n) is 23.9. The number of sulfonamides is 1. The van der Waals surface area contributed by atoms with Crippen LogP contribution in [0.1, 0.15) is 49.8 Å². The lowest BCUT2D eigenvalue weighted by Crippen LogP contribution is -2.52. The molecule has 40 heavy (non-hydrogen) atoms. The molecule has 0 bridgehead atoms. The SMILES string of the molecule is CC[C@@H](C)NC(=O)[C@H](Cc1ccccc1)N(Cc1ccccc1)C(=O)CCCN(c1ccccc1C)S(C)(=O)=O. The number of aryl methyl sites for hydroxylation is 1. The first-order valence-corrected chi connectivity index (χ1v) is 15.7. The van der Waals surface area contributed by atoms with E-state index < -0.39 is 16.1 Å². The van der Waals surface area contributed by atoms with E-state index in [2.05, 4.69) is 5.32 Å². The molecule has 7 nitrogen and oxygen atoms in total. The van der Waals surface area contributed by atoms with Crippen LogP contribution in [0.25, 0.3) is 0 Å². The summed E-state index contributed by atoms with van der Waals surface area (Å²) in [5, 5.41) is 3.07. The number of rotatable bonds is 14. The zero-order valence-corrected chi connectivity index (χ0v) is 24.7. The molecule has 0 saturated carbocycles. The fraction of sp³-hybridized carbons (Fsp3) is 0.375. The lowest BCUT2D eigenvalue weighted by atomic mass is 10.0. The van der Waals surface area contributed by atoms with Crippen molar-refractivity contribution in [2.24, 2.45) is 0 Å². The van der Waals surface area contributed by atoms with Gasteiger partial charge in [0.25, 0.3) is 0 Å². The highest BCUT2D eigenvalue weighted by atomic mass is 32.2. The van der Waals surface area contributed by atoms with E-state index in [9.17, 15) is 18.0 Å². The molecule has 3 rings (SSSR count). The number of benzene rings is 3. The van der Waals surface area contributed by atoms with Crippen LogP contribution in [0, 0.1) is 6.92 Å². The van der Waals surface area contributed by atoms with E-state index in [0.29, 0.717) is 18.5 Å². The van der Waals surface area contributed by atoms with Gasteiger partial charge in [-0.15, -0.1) is 0 Å². The highest BCUT2D eigenvalue weighted by molar-refractivity contribution is 7.92. The fourth-order valence-electron chi connectivity index (χ4n) is 4.60. The van der Waals surface area contributed by atoms with Crippen LogP contribution in [0.2, 0.25) is 0 Å². The second-order valence-corrected chi connectivity index (χ2v) is 12.2. The molecule has 214 valence electrons. The largest absolute Gasteiger partial charge is 0.352 e. The van der Waals surface area contributed by atoms with Crippen molar-refractivity contribution >= 4 is 27.5 Å². The topological polar surface area (TPSA) is 86.8 Å². The first kappa shape index (κ1) is 30.9. The summed E-state index contributed by atoms with van der Waals surface area (Å²) in [5.74, 6) is -0.387. The van der Waals surface area contributed by atoms with E-state index in [0.717, 1.165) is 23.1 Å². The van der Waals surface area contributed by atoms with E-state index in [4.69, 9.17) is 0 Å². The van der Waals surface area contributed by atoms with Crippen molar-refractivity contribution in [1.82, 2.24) is 10.2 Å². The Morgan fingerprint density at radius 1 is 0.875 bits per heavy atom. The van der Waals surface area contributed by atoms with Crippen molar-refractivity contribution < 1.29 is 18.0 Å². The summed E-state index contributed by atoms with van der Waals surface area (Å²) in [5.41, 5.74) is 3.33. The van der Waals surface area contributed by atoms with Crippen molar-refractivity contribution in [3.05, 3.63) is 102 Å². The molecule has 2 atom stereocenters. The third kappa shape index (κ3) is 8.95. The molecule has 0 saturated heterocycles. The maximum absolute atomic E-state index is 13.9. The van der Waals surface area contributed by atoms with E-state index in [1.54, 1.807) is 17.0 Å². The highest BCUT2D eigenvalue weighted by Gasteiger charge is 2.31. The highest BCUT2D eigenvalue weighted by Crippen LogP contribution is 2.23. The Balaban J connectivity index is 1.87. The van der Waals surface area contributed by atoms with E-state index in [1.807, 2.05) is 93.6 Å². The molecule has 0 radical (unpaired) electrons. The minimum absolute atomic E-state index is 0.0307. The van der Waals surface area contributed by atoms with Crippen LogP contribution in [0.3, 0.4) is 0 Å². The Labute approximate surface area is 239 Å². The average Bonchev–Trinajstić information content (AvgIpc) is 2.93. The van der Waals surface area contributed by atoms with Gasteiger partial charge in [0.15, 0.2) is 0 Å². The third-order valence-electron chi connectivity index (χ3n) is 7.00. The molecule has 0 unspecified atom stereocenters. The van der Waals surface area contributed by atoms with Gasteiger partial charge in [-0.2, -0.15) is 0 Å². The minimum Gasteiger partial charge on any atom is -0.352 e. The number of nitrogens with zero attached hydrogens (tertiary/aromatic N) is 2. The van der Waals surface area contributed by atoms with Gasteiger partial charge < -0.3 is 10.2 Å². The summed E-state index contributed by atoms with van der Waals surface area (Å²) in [4.78, 5) is 29.1. The molecule has 0 aliphatic carbocycles. The quantitative estimate of drug-likeness (QED) is 0.296. The van der Waals surface area contributed by atoms with Crippen LogP contribution in [-0.4, -0.2) is 50.0 Å². The molecule has 3 aromatic carbocycles. The number of amides is 2. The van der Waals surface area contributed by atoms with E-state index in [-0.39, 0.29) is 37.4 Å². The van der Waals surface area contributed by atoms with Crippen LogP contribution in [-0.2, 0) is 32.6 Å². The number of carbonyl (C=O) groups is 2. The van der Waals surface area contributed by atoms with Crippen LogP contribution in [0.15, 0.2) is 84.9 Å².